The van der Waals surface area contributed by atoms with Crippen LogP contribution in [-0.4, -0.2) is 8.07 Å². The van der Waals surface area contributed by atoms with Crippen LogP contribution < -0.4 is 0 Å². The summed E-state index contributed by atoms with van der Waals surface area (Å²) in [6, 6.07) is 16.3. The van der Waals surface area contributed by atoms with Crippen LogP contribution in [0.2, 0.25) is 18.6 Å². The molecule has 2 aromatic carbocycles. The van der Waals surface area contributed by atoms with Crippen molar-refractivity contribution in [3.05, 3.63) is 87.0 Å². The average molecular weight is 441 g/mol. The van der Waals surface area contributed by atoms with Gasteiger partial charge in [-0.15, -0.1) is 0 Å². The Labute approximate surface area is 197 Å². The molecular weight excluding hydrogens is 400 g/mol. The van der Waals surface area contributed by atoms with Crippen molar-refractivity contribution in [3.8, 4) is 11.1 Å². The van der Waals surface area contributed by atoms with E-state index in [0.717, 1.165) is 6.42 Å². The summed E-state index contributed by atoms with van der Waals surface area (Å²) in [7, 11) is -1.80. The van der Waals surface area contributed by atoms with Gasteiger partial charge in [0.2, 0.25) is 0 Å². The van der Waals surface area contributed by atoms with Crippen molar-refractivity contribution in [2.24, 2.45) is 0 Å². The van der Waals surface area contributed by atoms with Gasteiger partial charge in [0.05, 0.1) is 8.07 Å². The zero-order valence-electron chi connectivity index (χ0n) is 21.8. The number of hydrogen-bond donors (Lipinski definition) is 0. The molecule has 0 fully saturated rings. The van der Waals surface area contributed by atoms with Gasteiger partial charge >= 0.3 is 0 Å². The van der Waals surface area contributed by atoms with Gasteiger partial charge in [0.1, 0.15) is 0 Å². The molecule has 0 saturated heterocycles. The molecule has 4 rings (SSSR count). The van der Waals surface area contributed by atoms with E-state index in [-0.39, 0.29) is 5.41 Å². The normalized spacial score (nSPS) is 17.7. The van der Waals surface area contributed by atoms with E-state index in [0.29, 0.717) is 5.54 Å². The van der Waals surface area contributed by atoms with Gasteiger partial charge in [0.25, 0.3) is 0 Å². The van der Waals surface area contributed by atoms with Crippen molar-refractivity contribution in [1.82, 2.24) is 0 Å². The van der Waals surface area contributed by atoms with Crippen molar-refractivity contribution in [2.45, 2.75) is 85.9 Å². The van der Waals surface area contributed by atoms with Crippen LogP contribution in [0, 0.1) is 0 Å². The minimum atomic E-state index is -1.80. The summed E-state index contributed by atoms with van der Waals surface area (Å²) in [5, 5.41) is 1.70. The zero-order valence-corrected chi connectivity index (χ0v) is 22.8. The fourth-order valence-corrected chi connectivity index (χ4v) is 11.5. The Morgan fingerprint density at radius 2 is 1.34 bits per heavy atom. The van der Waals surface area contributed by atoms with Crippen LogP contribution in [0.1, 0.15) is 72.1 Å². The van der Waals surface area contributed by atoms with Crippen LogP contribution in [0.5, 0.6) is 0 Å². The Morgan fingerprint density at radius 3 is 1.88 bits per heavy atom. The van der Waals surface area contributed by atoms with Crippen molar-refractivity contribution < 1.29 is 0 Å². The van der Waals surface area contributed by atoms with Crippen LogP contribution in [-0.2, 0) is 11.8 Å². The van der Waals surface area contributed by atoms with Crippen molar-refractivity contribution in [3.63, 3.8) is 0 Å². The molecule has 0 unspecified atom stereocenters. The average Bonchev–Trinajstić information content (AvgIpc) is 3.16. The fraction of sp³-hybridized carbons (Fsp3) is 0.419. The minimum Gasteiger partial charge on any atom is -0.0690 e. The number of rotatable bonds is 3. The zero-order chi connectivity index (χ0) is 23.6. The van der Waals surface area contributed by atoms with Gasteiger partial charge in [0.15, 0.2) is 0 Å². The molecule has 2 aromatic rings. The maximum absolute atomic E-state index is 2.62. The van der Waals surface area contributed by atoms with Crippen molar-refractivity contribution in [2.75, 3.05) is 0 Å². The molecule has 0 amide bonds. The molecule has 0 bridgehead atoms. The Balaban J connectivity index is 1.86. The van der Waals surface area contributed by atoms with Crippen molar-refractivity contribution in [1.29, 1.82) is 0 Å². The van der Waals surface area contributed by atoms with E-state index in [2.05, 4.69) is 111 Å². The highest BCUT2D eigenvalue weighted by Crippen LogP contribution is 2.54. The van der Waals surface area contributed by atoms with Crippen molar-refractivity contribution >= 4 is 13.3 Å². The first-order chi connectivity index (χ1) is 14.9. The second kappa shape index (κ2) is 7.73. The van der Waals surface area contributed by atoms with Crippen LogP contribution in [0.25, 0.3) is 16.3 Å². The lowest BCUT2D eigenvalue weighted by molar-refractivity contribution is 0.590. The highest BCUT2D eigenvalue weighted by molar-refractivity contribution is 6.97. The van der Waals surface area contributed by atoms with Gasteiger partial charge in [0, 0.05) is 5.54 Å². The van der Waals surface area contributed by atoms with Crippen LogP contribution >= 0.6 is 0 Å². The molecule has 0 saturated carbocycles. The molecule has 1 heteroatoms. The molecular formula is C31H40Si. The minimum absolute atomic E-state index is 0.180. The summed E-state index contributed by atoms with van der Waals surface area (Å²) >= 11 is 0. The van der Waals surface area contributed by atoms with Crippen LogP contribution in [0.3, 0.4) is 0 Å². The van der Waals surface area contributed by atoms with Gasteiger partial charge in [-0.1, -0.05) is 98.2 Å². The predicted molar refractivity (Wildman–Crippen MR) is 145 cm³/mol. The third-order valence-corrected chi connectivity index (χ3v) is 12.6. The Hall–Kier alpha value is -2.12. The molecule has 0 radical (unpaired) electrons. The first kappa shape index (κ1) is 23.0. The van der Waals surface area contributed by atoms with E-state index in [1.165, 1.54) is 33.4 Å². The number of fused-ring (bicyclic) bond motifs is 1. The Kier molecular flexibility index (Phi) is 5.57. The fourth-order valence-electron chi connectivity index (χ4n) is 6.47. The highest BCUT2D eigenvalue weighted by atomic mass is 28.3. The summed E-state index contributed by atoms with van der Waals surface area (Å²) in [6.45, 7) is 23.9. The summed E-state index contributed by atoms with van der Waals surface area (Å²) in [6.07, 6.45) is 1.10. The maximum atomic E-state index is 2.62. The van der Waals surface area contributed by atoms with Gasteiger partial charge in [-0.2, -0.15) is 0 Å². The van der Waals surface area contributed by atoms with E-state index in [1.807, 2.05) is 0 Å². The second-order valence-corrected chi connectivity index (χ2v) is 16.3. The number of hydrogen-bond acceptors (Lipinski definition) is 0. The molecule has 0 N–H and O–H groups in total. The lowest BCUT2D eigenvalue weighted by Crippen LogP contribution is -2.35. The maximum Gasteiger partial charge on any atom is 0.0926 e. The smallest absolute Gasteiger partial charge is 0.0690 e. The molecule has 0 nitrogen and oxygen atoms in total. The monoisotopic (exact) mass is 440 g/mol. The standard InChI is InChI=1S/C31H40Si/c1-19-18-25-12-11-13-27(24-14-16-26(17-15-24)31(6,7)8)28(25)29(19)32(9,10)30-22(4)20(2)21(3)23(30)5/h11-17,30H,18H2,1-10H3. The molecule has 0 atom stereocenters. The molecule has 0 aliphatic heterocycles. The van der Waals surface area contributed by atoms with E-state index < -0.39 is 8.07 Å². The Morgan fingerprint density at radius 1 is 0.781 bits per heavy atom. The summed E-state index contributed by atoms with van der Waals surface area (Å²) in [4.78, 5) is 0. The SMILES string of the molecule is CC1=C([Si](C)(C)C2C(C)=C(C)C(C)=C2C)c2c(cccc2-c2ccc(C(C)(C)C)cc2)C1. The Bertz CT molecular complexity index is 1150. The third-order valence-electron chi connectivity index (χ3n) is 8.32. The quantitative estimate of drug-likeness (QED) is 0.417. The van der Waals surface area contributed by atoms with Crippen LogP contribution in [0.15, 0.2) is 70.3 Å². The topological polar surface area (TPSA) is 0 Å². The molecule has 0 aromatic heterocycles. The van der Waals surface area contributed by atoms with E-state index in [1.54, 1.807) is 27.5 Å². The molecule has 168 valence electrons. The number of allylic oxidation sites excluding steroid dienone is 5. The third kappa shape index (κ3) is 3.50. The van der Waals surface area contributed by atoms with Gasteiger partial charge < -0.3 is 0 Å². The largest absolute Gasteiger partial charge is 0.0926 e. The lowest BCUT2D eigenvalue weighted by atomic mass is 9.86. The van der Waals surface area contributed by atoms with Gasteiger partial charge in [-0.25, -0.2) is 0 Å². The van der Waals surface area contributed by atoms with Gasteiger partial charge in [-0.3, -0.25) is 0 Å². The summed E-state index contributed by atoms with van der Waals surface area (Å²) in [5.41, 5.74) is 15.9. The second-order valence-electron chi connectivity index (χ2n) is 11.8. The number of benzene rings is 2. The first-order valence-electron chi connectivity index (χ1n) is 12.1. The van der Waals surface area contributed by atoms with E-state index in [9.17, 15) is 0 Å². The molecule has 2 aliphatic rings. The van der Waals surface area contributed by atoms with E-state index in [4.69, 9.17) is 0 Å². The molecule has 32 heavy (non-hydrogen) atoms. The molecule has 0 spiro atoms. The first-order valence-corrected chi connectivity index (χ1v) is 15.2. The lowest BCUT2D eigenvalue weighted by Gasteiger charge is -2.36. The van der Waals surface area contributed by atoms with Gasteiger partial charge in [-0.05, 0) is 85.4 Å². The van der Waals surface area contributed by atoms with Crippen LogP contribution in [0.4, 0.5) is 0 Å². The highest BCUT2D eigenvalue weighted by Gasteiger charge is 2.44. The molecule has 0 heterocycles. The molecule has 2 aliphatic carbocycles. The summed E-state index contributed by atoms with van der Waals surface area (Å²) in [5.74, 6) is 0. The summed E-state index contributed by atoms with van der Waals surface area (Å²) < 4.78 is 0. The van der Waals surface area contributed by atoms with E-state index >= 15 is 0 Å². The predicted octanol–water partition coefficient (Wildman–Crippen LogP) is 9.28.